The Morgan fingerprint density at radius 2 is 2.06 bits per heavy atom. The zero-order valence-electron chi connectivity index (χ0n) is 10.7. The first-order valence-electron chi connectivity index (χ1n) is 6.33. The average Bonchev–Trinajstić information content (AvgIpc) is 2.28. The summed E-state index contributed by atoms with van der Waals surface area (Å²) in [5.41, 5.74) is 6.77. The van der Waals surface area contributed by atoms with Crippen LogP contribution in [0.15, 0.2) is 18.2 Å². The van der Waals surface area contributed by atoms with Gasteiger partial charge in [0.05, 0.1) is 6.61 Å². The van der Waals surface area contributed by atoms with Gasteiger partial charge in [0.15, 0.2) is 0 Å². The van der Waals surface area contributed by atoms with Crippen LogP contribution in [0, 0.1) is 5.82 Å². The predicted molar refractivity (Wildman–Crippen MR) is 68.8 cm³/mol. The average molecular weight is 239 g/mol. The van der Waals surface area contributed by atoms with E-state index in [1.807, 2.05) is 13.0 Å². The third kappa shape index (κ3) is 5.18. The molecule has 17 heavy (non-hydrogen) atoms. The van der Waals surface area contributed by atoms with Crippen LogP contribution in [-0.2, 0) is 6.42 Å². The van der Waals surface area contributed by atoms with Gasteiger partial charge in [-0.25, -0.2) is 4.39 Å². The molecule has 0 saturated heterocycles. The van der Waals surface area contributed by atoms with Crippen molar-refractivity contribution in [2.75, 3.05) is 6.61 Å². The van der Waals surface area contributed by atoms with Crippen molar-refractivity contribution in [3.8, 4) is 5.75 Å². The zero-order chi connectivity index (χ0) is 12.7. The summed E-state index contributed by atoms with van der Waals surface area (Å²) in [6.45, 7) is 4.77. The SMILES string of the molecule is CCCCOc1cc(F)cc(CC(N)CC)c1. The lowest BCUT2D eigenvalue weighted by Gasteiger charge is -2.11. The van der Waals surface area contributed by atoms with E-state index < -0.39 is 0 Å². The number of nitrogens with two attached hydrogens (primary N) is 1. The smallest absolute Gasteiger partial charge is 0.127 e. The van der Waals surface area contributed by atoms with Gasteiger partial charge in [-0.05, 0) is 37.0 Å². The first kappa shape index (κ1) is 14.0. The van der Waals surface area contributed by atoms with Crippen molar-refractivity contribution < 1.29 is 9.13 Å². The van der Waals surface area contributed by atoms with E-state index in [2.05, 4.69) is 6.92 Å². The second-order valence-electron chi connectivity index (χ2n) is 4.37. The lowest BCUT2D eigenvalue weighted by Crippen LogP contribution is -2.21. The van der Waals surface area contributed by atoms with E-state index in [1.54, 1.807) is 0 Å². The predicted octanol–water partition coefficient (Wildman–Crippen LogP) is 3.28. The molecule has 1 aromatic carbocycles. The molecular formula is C14H22FNO. The highest BCUT2D eigenvalue weighted by molar-refractivity contribution is 5.30. The molecule has 0 radical (unpaired) electrons. The molecule has 1 unspecified atom stereocenters. The summed E-state index contributed by atoms with van der Waals surface area (Å²) >= 11 is 0. The van der Waals surface area contributed by atoms with Gasteiger partial charge in [-0.15, -0.1) is 0 Å². The summed E-state index contributed by atoms with van der Waals surface area (Å²) in [5.74, 6) is 0.356. The number of rotatable bonds is 7. The lowest BCUT2D eigenvalue weighted by atomic mass is 10.0. The van der Waals surface area contributed by atoms with Gasteiger partial charge in [-0.2, -0.15) is 0 Å². The Balaban J connectivity index is 2.65. The fourth-order valence-corrected chi connectivity index (χ4v) is 1.60. The van der Waals surface area contributed by atoms with Gasteiger partial charge in [0.2, 0.25) is 0 Å². The van der Waals surface area contributed by atoms with Crippen molar-refractivity contribution in [3.63, 3.8) is 0 Å². The van der Waals surface area contributed by atoms with E-state index in [4.69, 9.17) is 10.5 Å². The molecule has 1 aromatic rings. The third-order valence-corrected chi connectivity index (χ3v) is 2.72. The molecular weight excluding hydrogens is 217 g/mol. The molecule has 0 amide bonds. The number of benzene rings is 1. The van der Waals surface area contributed by atoms with Gasteiger partial charge >= 0.3 is 0 Å². The molecule has 2 N–H and O–H groups in total. The highest BCUT2D eigenvalue weighted by atomic mass is 19.1. The minimum atomic E-state index is -0.252. The Morgan fingerprint density at radius 3 is 2.71 bits per heavy atom. The van der Waals surface area contributed by atoms with Crippen molar-refractivity contribution >= 4 is 0 Å². The van der Waals surface area contributed by atoms with Gasteiger partial charge < -0.3 is 10.5 Å². The molecule has 3 heteroatoms. The van der Waals surface area contributed by atoms with E-state index >= 15 is 0 Å². The van der Waals surface area contributed by atoms with E-state index in [0.717, 1.165) is 24.8 Å². The van der Waals surface area contributed by atoms with Crippen molar-refractivity contribution in [1.82, 2.24) is 0 Å². The number of unbranched alkanes of at least 4 members (excludes halogenated alkanes) is 1. The molecule has 0 aliphatic rings. The fourth-order valence-electron chi connectivity index (χ4n) is 1.60. The van der Waals surface area contributed by atoms with Crippen molar-refractivity contribution in [2.24, 2.45) is 5.73 Å². The van der Waals surface area contributed by atoms with Crippen molar-refractivity contribution in [3.05, 3.63) is 29.6 Å². The molecule has 1 atom stereocenters. The van der Waals surface area contributed by atoms with Crippen LogP contribution in [0.2, 0.25) is 0 Å². The molecule has 0 fully saturated rings. The van der Waals surface area contributed by atoms with Crippen LogP contribution in [0.25, 0.3) is 0 Å². The van der Waals surface area contributed by atoms with Crippen LogP contribution in [0.5, 0.6) is 5.75 Å². The van der Waals surface area contributed by atoms with E-state index in [1.165, 1.54) is 12.1 Å². The third-order valence-electron chi connectivity index (χ3n) is 2.72. The number of hydrogen-bond donors (Lipinski definition) is 1. The Labute approximate surface area is 103 Å². The Morgan fingerprint density at radius 1 is 1.29 bits per heavy atom. The molecule has 0 bridgehead atoms. The molecule has 96 valence electrons. The molecule has 0 heterocycles. The molecule has 0 aliphatic heterocycles. The zero-order valence-corrected chi connectivity index (χ0v) is 10.7. The van der Waals surface area contributed by atoms with E-state index in [9.17, 15) is 4.39 Å². The molecule has 0 saturated carbocycles. The maximum absolute atomic E-state index is 13.4. The molecule has 0 aliphatic carbocycles. The summed E-state index contributed by atoms with van der Waals surface area (Å²) < 4.78 is 18.9. The largest absolute Gasteiger partial charge is 0.493 e. The summed E-state index contributed by atoms with van der Waals surface area (Å²) in [4.78, 5) is 0. The highest BCUT2D eigenvalue weighted by Crippen LogP contribution is 2.18. The molecule has 2 nitrogen and oxygen atoms in total. The summed E-state index contributed by atoms with van der Waals surface area (Å²) in [6.07, 6.45) is 3.64. The fraction of sp³-hybridized carbons (Fsp3) is 0.571. The number of ether oxygens (including phenoxy) is 1. The van der Waals surface area contributed by atoms with E-state index in [-0.39, 0.29) is 11.9 Å². The monoisotopic (exact) mass is 239 g/mol. The van der Waals surface area contributed by atoms with Crippen molar-refractivity contribution in [2.45, 2.75) is 45.6 Å². The molecule has 1 rings (SSSR count). The van der Waals surface area contributed by atoms with Crippen LogP contribution in [0.3, 0.4) is 0 Å². The van der Waals surface area contributed by atoms with Gasteiger partial charge in [-0.1, -0.05) is 20.3 Å². The van der Waals surface area contributed by atoms with Gasteiger partial charge in [0.25, 0.3) is 0 Å². The number of halogens is 1. The van der Waals surface area contributed by atoms with Gasteiger partial charge in [0, 0.05) is 12.1 Å². The summed E-state index contributed by atoms with van der Waals surface area (Å²) in [5, 5.41) is 0. The normalized spacial score (nSPS) is 12.5. The van der Waals surface area contributed by atoms with Crippen LogP contribution < -0.4 is 10.5 Å². The topological polar surface area (TPSA) is 35.2 Å². The maximum atomic E-state index is 13.4. The minimum Gasteiger partial charge on any atom is -0.493 e. The minimum absolute atomic E-state index is 0.0836. The Kier molecular flexibility index (Phi) is 5.98. The molecule has 0 aromatic heterocycles. The Hall–Kier alpha value is -1.09. The maximum Gasteiger partial charge on any atom is 0.127 e. The summed E-state index contributed by atoms with van der Waals surface area (Å²) in [7, 11) is 0. The highest BCUT2D eigenvalue weighted by Gasteiger charge is 2.05. The second-order valence-corrected chi connectivity index (χ2v) is 4.37. The first-order chi connectivity index (χ1) is 8.15. The van der Waals surface area contributed by atoms with Gasteiger partial charge in [-0.3, -0.25) is 0 Å². The van der Waals surface area contributed by atoms with Crippen molar-refractivity contribution in [1.29, 1.82) is 0 Å². The first-order valence-corrected chi connectivity index (χ1v) is 6.33. The quantitative estimate of drug-likeness (QED) is 0.741. The second kappa shape index (κ2) is 7.28. The van der Waals surface area contributed by atoms with Crippen LogP contribution in [-0.4, -0.2) is 12.6 Å². The van der Waals surface area contributed by atoms with Crippen LogP contribution >= 0.6 is 0 Å². The van der Waals surface area contributed by atoms with Gasteiger partial charge in [0.1, 0.15) is 11.6 Å². The lowest BCUT2D eigenvalue weighted by molar-refractivity contribution is 0.307. The number of hydrogen-bond acceptors (Lipinski definition) is 2. The Bertz CT molecular complexity index is 341. The van der Waals surface area contributed by atoms with E-state index in [0.29, 0.717) is 18.8 Å². The summed E-state index contributed by atoms with van der Waals surface area (Å²) in [6, 6.07) is 4.92. The van der Waals surface area contributed by atoms with Crippen LogP contribution in [0.1, 0.15) is 38.7 Å². The standard InChI is InChI=1S/C14H22FNO/c1-3-5-6-17-14-9-11(7-12(15)10-14)8-13(16)4-2/h7,9-10,13H,3-6,8,16H2,1-2H3. The van der Waals surface area contributed by atoms with Crippen LogP contribution in [0.4, 0.5) is 4.39 Å². The molecule has 0 spiro atoms.